The maximum Gasteiger partial charge on any atom is 0.323 e. The number of hydrogen-bond donors (Lipinski definition) is 7. The van der Waals surface area contributed by atoms with Crippen molar-refractivity contribution in [3.63, 3.8) is 0 Å². The summed E-state index contributed by atoms with van der Waals surface area (Å²) in [7, 11) is 1.91. The first-order valence-electron chi connectivity index (χ1n) is 28.2. The highest BCUT2D eigenvalue weighted by molar-refractivity contribution is 6.30. The van der Waals surface area contributed by atoms with Gasteiger partial charge in [0.2, 0.25) is 5.91 Å². The molecule has 0 radical (unpaired) electrons. The lowest BCUT2D eigenvalue weighted by atomic mass is 9.78. The number of amides is 5. The summed E-state index contributed by atoms with van der Waals surface area (Å²) in [6.45, 7) is 3.86. The number of halogens is 4. The molecular formula is C63H75Cl2F2N11O6. The molecule has 2 saturated heterocycles. The zero-order valence-corrected chi connectivity index (χ0v) is 48.3. The van der Waals surface area contributed by atoms with Crippen LogP contribution in [0.4, 0.5) is 35.7 Å². The maximum atomic E-state index is 15.3. The zero-order chi connectivity index (χ0) is 59.0. The van der Waals surface area contributed by atoms with E-state index in [0.717, 1.165) is 47.3 Å². The van der Waals surface area contributed by atoms with Crippen LogP contribution in [0.1, 0.15) is 111 Å². The van der Waals surface area contributed by atoms with E-state index in [9.17, 15) is 29.4 Å². The van der Waals surface area contributed by atoms with Crippen LogP contribution in [0, 0.1) is 49.2 Å². The van der Waals surface area contributed by atoms with Gasteiger partial charge in [-0.1, -0.05) is 74.5 Å². The van der Waals surface area contributed by atoms with Crippen LogP contribution in [-0.4, -0.2) is 109 Å². The number of aromatic nitrogens is 4. The Kier molecular flexibility index (Phi) is 20.9. The number of nitrogens with one attached hydrogen (secondary N) is 4. The average molecular weight is 1190 g/mol. The zero-order valence-electron chi connectivity index (χ0n) is 46.8. The van der Waals surface area contributed by atoms with E-state index in [4.69, 9.17) is 28.9 Å². The lowest BCUT2D eigenvalue weighted by Crippen LogP contribution is -2.45. The number of aryl methyl sites for hydroxylation is 2. The van der Waals surface area contributed by atoms with Crippen molar-refractivity contribution < 1.29 is 38.2 Å². The van der Waals surface area contributed by atoms with Gasteiger partial charge in [0.05, 0.1) is 32.9 Å². The number of nitrogens with zero attached hydrogens (tertiary/aromatic N) is 6. The Bertz CT molecular complexity index is 3290. The molecule has 4 fully saturated rings. The van der Waals surface area contributed by atoms with Gasteiger partial charge in [0.15, 0.2) is 5.78 Å². The summed E-state index contributed by atoms with van der Waals surface area (Å²) in [6.07, 6.45) is 15.0. The van der Waals surface area contributed by atoms with Crippen molar-refractivity contribution in [3.8, 4) is 0 Å². The van der Waals surface area contributed by atoms with Gasteiger partial charge in [-0.25, -0.2) is 28.3 Å². The molecule has 10 rings (SSSR count). The number of ketones is 1. The standard InChI is InChI=1S/C32H37ClFN5O3.C30H34ClFN6O3.CH4/c1-20-13-25(10-12-36-20)32(35-2,11-9-21-3-4-21)24-5-7-27(34)23(15-24)16-29(41)28-14-22(19-40)18-39(28)31(42)38-30-8-6-26(33)17-37-30;1-18-12-22(9-11-34-18)30(33,10-8-19-2-3-19)21-4-6-24(32)25(14-21)36-28(40)26-13-20(17-39)16-38(26)29(41)37-27-7-5-23(31)15-35-27;/h5-8,10,12-13,15,17,21-22,28,35,40H,3-4,9,11,14,16,18-19H2,1-2H3,(H,37,38,42);4-7,9,11-12,14-15,19-20,26,39H,2-3,8,10,13,16-17,33H2,1H3,(H,36,40)(H,35,37,41);1H4/t22-,28-,32?;20-,26-,30?;/m11./s1. The van der Waals surface area contributed by atoms with E-state index >= 15 is 8.78 Å². The van der Waals surface area contributed by atoms with E-state index in [2.05, 4.69) is 47.3 Å². The molecule has 2 unspecified atom stereocenters. The Balaban J connectivity index is 0.000000217. The summed E-state index contributed by atoms with van der Waals surface area (Å²) in [4.78, 5) is 73.0. The molecule has 21 heteroatoms. The molecule has 6 heterocycles. The van der Waals surface area contributed by atoms with Crippen molar-refractivity contribution in [1.82, 2.24) is 35.1 Å². The second-order valence-electron chi connectivity index (χ2n) is 22.6. The van der Waals surface area contributed by atoms with Crippen molar-refractivity contribution in [2.24, 2.45) is 29.4 Å². The number of Topliss-reactive ketones (excluding diaryl/α,β-unsaturated/α-hetero) is 1. The Labute approximate surface area is 499 Å². The quantitative estimate of drug-likeness (QED) is 0.0378. The van der Waals surface area contributed by atoms with Gasteiger partial charge < -0.3 is 36.4 Å². The molecule has 446 valence electrons. The minimum Gasteiger partial charge on any atom is -0.396 e. The third-order valence-corrected chi connectivity index (χ3v) is 17.0. The predicted molar refractivity (Wildman–Crippen MR) is 321 cm³/mol. The van der Waals surface area contributed by atoms with E-state index in [1.165, 1.54) is 60.0 Å². The molecule has 8 N–H and O–H groups in total. The number of benzene rings is 2. The van der Waals surface area contributed by atoms with Crippen molar-refractivity contribution in [3.05, 3.63) is 171 Å². The molecule has 2 aromatic carbocycles. The number of urea groups is 2. The third-order valence-electron chi connectivity index (χ3n) is 16.6. The highest BCUT2D eigenvalue weighted by atomic mass is 35.5. The lowest BCUT2D eigenvalue weighted by molar-refractivity contribution is -0.122. The summed E-state index contributed by atoms with van der Waals surface area (Å²) in [5.41, 5.74) is 11.0. The van der Waals surface area contributed by atoms with Crippen LogP contribution in [0.25, 0.3) is 0 Å². The smallest absolute Gasteiger partial charge is 0.323 e. The van der Waals surface area contributed by atoms with Gasteiger partial charge >= 0.3 is 12.1 Å². The molecule has 5 amide bonds. The van der Waals surface area contributed by atoms with Crippen LogP contribution in [-0.2, 0) is 27.1 Å². The fraction of sp³-hybridized carbons (Fsp3) is 0.429. The lowest BCUT2D eigenvalue weighted by Gasteiger charge is -2.36. The molecule has 84 heavy (non-hydrogen) atoms. The molecule has 4 aromatic heterocycles. The van der Waals surface area contributed by atoms with Crippen LogP contribution in [0.3, 0.4) is 0 Å². The molecular weight excluding hydrogens is 1120 g/mol. The molecule has 17 nitrogen and oxygen atoms in total. The topological polar surface area (TPSA) is 241 Å². The second kappa shape index (κ2) is 27.8. The van der Waals surface area contributed by atoms with Crippen molar-refractivity contribution in [2.45, 2.75) is 115 Å². The normalized spacial score (nSPS) is 19.7. The van der Waals surface area contributed by atoms with Gasteiger partial charge in [0, 0.05) is 80.7 Å². The van der Waals surface area contributed by atoms with Gasteiger partial charge in [0.25, 0.3) is 0 Å². The van der Waals surface area contributed by atoms with Gasteiger partial charge in [-0.05, 0) is 166 Å². The number of rotatable bonds is 20. The maximum absolute atomic E-state index is 15.3. The van der Waals surface area contributed by atoms with Crippen LogP contribution in [0.5, 0.6) is 0 Å². The van der Waals surface area contributed by atoms with E-state index in [-0.39, 0.29) is 81.3 Å². The molecule has 2 aliphatic heterocycles. The summed E-state index contributed by atoms with van der Waals surface area (Å²) in [5, 5.41) is 32.0. The molecule has 0 spiro atoms. The minimum atomic E-state index is -0.928. The van der Waals surface area contributed by atoms with Crippen LogP contribution in [0.15, 0.2) is 110 Å². The largest absolute Gasteiger partial charge is 0.396 e. The first kappa shape index (κ1) is 63.0. The van der Waals surface area contributed by atoms with Crippen LogP contribution in [0.2, 0.25) is 10.0 Å². The second-order valence-corrected chi connectivity index (χ2v) is 23.5. The van der Waals surface area contributed by atoms with E-state index in [0.29, 0.717) is 46.1 Å². The number of carbonyl (C=O) groups is 4. The summed E-state index contributed by atoms with van der Waals surface area (Å²) in [6, 6.07) is 20.9. The molecule has 6 aromatic rings. The number of likely N-dealkylation sites (tertiary alicyclic amines) is 2. The fourth-order valence-corrected chi connectivity index (χ4v) is 11.6. The molecule has 4 aliphatic rings. The highest BCUT2D eigenvalue weighted by Gasteiger charge is 2.43. The SMILES string of the molecule is C.CNC(CCC1CC1)(c1ccnc(C)c1)c1ccc(F)c(CC(=O)[C@H]2C[C@@H](CO)CN2C(=O)Nc2ccc(Cl)cn2)c1.Cc1cc(C(N)(CCC2CC2)c2ccc(F)c(NC(=O)[C@H]3C[C@@H](CO)CN3C(=O)Nc3ccc(Cl)cn3)c2)ccn1. The first-order chi connectivity index (χ1) is 39.9. The van der Waals surface area contributed by atoms with Gasteiger partial charge in [-0.3, -0.25) is 30.2 Å². The van der Waals surface area contributed by atoms with Crippen LogP contribution >= 0.6 is 23.2 Å². The van der Waals surface area contributed by atoms with Gasteiger partial charge in [-0.2, -0.15) is 0 Å². The van der Waals surface area contributed by atoms with Crippen molar-refractivity contribution >= 4 is 64.3 Å². The Morgan fingerprint density at radius 2 is 1.13 bits per heavy atom. The third kappa shape index (κ3) is 15.3. The monoisotopic (exact) mass is 1190 g/mol. The first-order valence-corrected chi connectivity index (χ1v) is 29.0. The number of carbonyl (C=O) groups excluding carboxylic acids is 4. The van der Waals surface area contributed by atoms with E-state index in [1.54, 1.807) is 60.9 Å². The molecule has 0 bridgehead atoms. The molecule has 2 saturated carbocycles. The van der Waals surface area contributed by atoms with Gasteiger partial charge in [0.1, 0.15) is 29.3 Å². The Hall–Kier alpha value is -7.00. The average Bonchev–Trinajstić information content (AvgIpc) is 3.21. The number of anilines is 3. The summed E-state index contributed by atoms with van der Waals surface area (Å²) >= 11 is 11.8. The summed E-state index contributed by atoms with van der Waals surface area (Å²) in [5.74, 6) is -0.589. The molecule has 2 aliphatic carbocycles. The number of aliphatic hydroxyl groups is 2. The van der Waals surface area contributed by atoms with Crippen molar-refractivity contribution in [2.75, 3.05) is 49.3 Å². The fourth-order valence-electron chi connectivity index (χ4n) is 11.4. The number of hydrogen-bond acceptors (Lipinski definition) is 12. The van der Waals surface area contributed by atoms with E-state index < -0.39 is 52.8 Å². The number of aliphatic hydroxyl groups excluding tert-OH is 2. The highest BCUT2D eigenvalue weighted by Crippen LogP contribution is 2.43. The van der Waals surface area contributed by atoms with Crippen LogP contribution < -0.4 is 27.0 Å². The predicted octanol–water partition coefficient (Wildman–Crippen LogP) is 10.7. The Morgan fingerprint density at radius 1 is 0.631 bits per heavy atom. The summed E-state index contributed by atoms with van der Waals surface area (Å²) < 4.78 is 30.4. The number of nitrogens with two attached hydrogens (primary N) is 1. The Morgan fingerprint density at radius 3 is 1.67 bits per heavy atom. The number of pyridine rings is 4. The van der Waals surface area contributed by atoms with Crippen molar-refractivity contribution in [1.29, 1.82) is 0 Å². The van der Waals surface area contributed by atoms with E-state index in [1.807, 2.05) is 39.1 Å². The van der Waals surface area contributed by atoms with Gasteiger partial charge in [-0.15, -0.1) is 0 Å². The minimum absolute atomic E-state index is 0. The molecule has 6 atom stereocenters.